The van der Waals surface area contributed by atoms with Gasteiger partial charge in [-0.3, -0.25) is 0 Å². The van der Waals surface area contributed by atoms with Gasteiger partial charge in [0, 0.05) is 6.07 Å². The van der Waals surface area contributed by atoms with Gasteiger partial charge in [-0.05, 0) is 0 Å². The second-order valence-electron chi connectivity index (χ2n) is 2.37. The molecule has 6 heteroatoms. The molecule has 0 amide bonds. The van der Waals surface area contributed by atoms with Gasteiger partial charge in [-0.25, -0.2) is 13.6 Å². The van der Waals surface area contributed by atoms with Crippen molar-refractivity contribution in [2.75, 3.05) is 7.11 Å². The van der Waals surface area contributed by atoms with E-state index in [2.05, 4.69) is 4.74 Å². The first-order valence-electron chi connectivity index (χ1n) is 3.43. The SMILES string of the molecule is COc1cc(F)c(Cl)c(F)c1C(=O)O. The number of hydrogen-bond donors (Lipinski definition) is 1. The molecule has 1 N–H and O–H groups in total. The summed E-state index contributed by atoms with van der Waals surface area (Å²) in [7, 11) is 1.11. The van der Waals surface area contributed by atoms with Crippen LogP contribution in [0.1, 0.15) is 10.4 Å². The lowest BCUT2D eigenvalue weighted by molar-refractivity contribution is 0.0688. The number of halogens is 3. The predicted molar refractivity (Wildman–Crippen MR) is 44.9 cm³/mol. The van der Waals surface area contributed by atoms with Crippen LogP contribution in [0, 0.1) is 11.6 Å². The molecular weight excluding hydrogens is 218 g/mol. The van der Waals surface area contributed by atoms with Gasteiger partial charge in [0.25, 0.3) is 0 Å². The lowest BCUT2D eigenvalue weighted by atomic mass is 10.2. The molecule has 0 bridgehead atoms. The van der Waals surface area contributed by atoms with Gasteiger partial charge in [0.05, 0.1) is 7.11 Å². The van der Waals surface area contributed by atoms with E-state index in [1.165, 1.54) is 0 Å². The van der Waals surface area contributed by atoms with E-state index in [-0.39, 0.29) is 0 Å². The highest BCUT2D eigenvalue weighted by molar-refractivity contribution is 6.31. The van der Waals surface area contributed by atoms with E-state index in [0.717, 1.165) is 13.2 Å². The minimum absolute atomic E-state index is 0.406. The van der Waals surface area contributed by atoms with Gasteiger partial charge >= 0.3 is 5.97 Å². The first-order valence-corrected chi connectivity index (χ1v) is 3.81. The molecule has 1 aromatic rings. The van der Waals surface area contributed by atoms with Crippen LogP contribution in [0.2, 0.25) is 5.02 Å². The van der Waals surface area contributed by atoms with Crippen molar-refractivity contribution in [2.45, 2.75) is 0 Å². The monoisotopic (exact) mass is 222 g/mol. The summed E-state index contributed by atoms with van der Waals surface area (Å²) in [5, 5.41) is 7.73. The molecule has 76 valence electrons. The van der Waals surface area contributed by atoms with Crippen molar-refractivity contribution in [1.29, 1.82) is 0 Å². The molecule has 0 fully saturated rings. The van der Waals surface area contributed by atoms with Crippen LogP contribution in [0.5, 0.6) is 5.75 Å². The zero-order valence-electron chi connectivity index (χ0n) is 6.97. The second-order valence-corrected chi connectivity index (χ2v) is 2.75. The number of carboxylic acid groups (broad SMARTS) is 1. The van der Waals surface area contributed by atoms with Gasteiger partial charge in [-0.15, -0.1) is 0 Å². The first kappa shape index (κ1) is 10.7. The van der Waals surface area contributed by atoms with Crippen molar-refractivity contribution in [3.05, 3.63) is 28.3 Å². The fourth-order valence-electron chi connectivity index (χ4n) is 0.934. The predicted octanol–water partition coefficient (Wildman–Crippen LogP) is 2.33. The maximum atomic E-state index is 13.1. The van der Waals surface area contributed by atoms with Crippen LogP contribution in [0.25, 0.3) is 0 Å². The number of carbonyl (C=O) groups is 1. The van der Waals surface area contributed by atoms with E-state index in [1.54, 1.807) is 0 Å². The third-order valence-electron chi connectivity index (χ3n) is 1.56. The van der Waals surface area contributed by atoms with Crippen LogP contribution < -0.4 is 4.74 Å². The maximum Gasteiger partial charge on any atom is 0.342 e. The molecule has 0 saturated heterocycles. The number of hydrogen-bond acceptors (Lipinski definition) is 2. The van der Waals surface area contributed by atoms with Crippen molar-refractivity contribution in [3.63, 3.8) is 0 Å². The Labute approximate surface area is 82.9 Å². The molecule has 0 atom stereocenters. The Bertz CT molecular complexity index is 393. The molecule has 0 unspecified atom stereocenters. The Balaban J connectivity index is 3.53. The first-order chi connectivity index (χ1) is 6.49. The third-order valence-corrected chi connectivity index (χ3v) is 1.91. The quantitative estimate of drug-likeness (QED) is 0.782. The van der Waals surface area contributed by atoms with Gasteiger partial charge in [0.2, 0.25) is 0 Å². The van der Waals surface area contributed by atoms with Crippen molar-refractivity contribution in [3.8, 4) is 5.75 Å². The number of rotatable bonds is 2. The number of carboxylic acids is 1. The van der Waals surface area contributed by atoms with Gasteiger partial charge in [-0.1, -0.05) is 11.6 Å². The largest absolute Gasteiger partial charge is 0.496 e. The van der Waals surface area contributed by atoms with Crippen LogP contribution in [0.15, 0.2) is 6.07 Å². The summed E-state index contributed by atoms with van der Waals surface area (Å²) < 4.78 is 30.5. The molecule has 0 aliphatic carbocycles. The fraction of sp³-hybridized carbons (Fsp3) is 0.125. The molecule has 3 nitrogen and oxygen atoms in total. The summed E-state index contributed by atoms with van der Waals surface area (Å²) >= 11 is 5.19. The normalized spacial score (nSPS) is 10.0. The molecular formula is C8H5ClF2O3. The molecule has 1 rings (SSSR count). The molecule has 0 aromatic heterocycles. The Kier molecular flexibility index (Phi) is 2.90. The van der Waals surface area contributed by atoms with Crippen molar-refractivity contribution in [2.24, 2.45) is 0 Å². The maximum absolute atomic E-state index is 13.1. The number of methoxy groups -OCH3 is 1. The van der Waals surface area contributed by atoms with Crippen LogP contribution >= 0.6 is 11.6 Å². The van der Waals surface area contributed by atoms with Crippen molar-refractivity contribution < 1.29 is 23.4 Å². The summed E-state index contributed by atoms with van der Waals surface area (Å²) in [4.78, 5) is 10.6. The molecule has 1 aromatic carbocycles. The molecule has 0 radical (unpaired) electrons. The van der Waals surface area contributed by atoms with Gasteiger partial charge in [-0.2, -0.15) is 0 Å². The summed E-state index contributed by atoms with van der Waals surface area (Å²) in [5.41, 5.74) is -0.779. The molecule has 0 heterocycles. The zero-order valence-corrected chi connectivity index (χ0v) is 7.73. The van der Waals surface area contributed by atoms with Gasteiger partial charge in [0.15, 0.2) is 5.82 Å². The van der Waals surface area contributed by atoms with Crippen LogP contribution in [-0.4, -0.2) is 18.2 Å². The van der Waals surface area contributed by atoms with Gasteiger partial charge < -0.3 is 9.84 Å². The lowest BCUT2D eigenvalue weighted by Gasteiger charge is -2.07. The van der Waals surface area contributed by atoms with Crippen molar-refractivity contribution >= 4 is 17.6 Å². The van der Waals surface area contributed by atoms with Crippen LogP contribution in [0.4, 0.5) is 8.78 Å². The van der Waals surface area contributed by atoms with E-state index in [1.807, 2.05) is 0 Å². The fourth-order valence-corrected chi connectivity index (χ4v) is 1.08. The highest BCUT2D eigenvalue weighted by Crippen LogP contribution is 2.29. The minimum Gasteiger partial charge on any atom is -0.496 e. The molecule has 0 aliphatic rings. The molecule has 0 spiro atoms. The third kappa shape index (κ3) is 1.63. The van der Waals surface area contributed by atoms with E-state index in [0.29, 0.717) is 0 Å². The topological polar surface area (TPSA) is 46.5 Å². The number of aromatic carboxylic acids is 1. The van der Waals surface area contributed by atoms with E-state index in [4.69, 9.17) is 16.7 Å². The molecule has 0 saturated carbocycles. The highest BCUT2D eigenvalue weighted by Gasteiger charge is 2.22. The Morgan fingerprint density at radius 1 is 1.57 bits per heavy atom. The Morgan fingerprint density at radius 2 is 2.14 bits per heavy atom. The second kappa shape index (κ2) is 3.79. The number of benzene rings is 1. The Morgan fingerprint density at radius 3 is 2.57 bits per heavy atom. The van der Waals surface area contributed by atoms with Crippen molar-refractivity contribution in [1.82, 2.24) is 0 Å². The highest BCUT2D eigenvalue weighted by atomic mass is 35.5. The molecule has 0 aliphatic heterocycles. The van der Waals surface area contributed by atoms with Crippen LogP contribution in [0.3, 0.4) is 0 Å². The summed E-state index contributed by atoms with van der Waals surface area (Å²) in [6.07, 6.45) is 0. The summed E-state index contributed by atoms with van der Waals surface area (Å²) in [5.74, 6) is -4.37. The number of ether oxygens (including phenoxy) is 1. The van der Waals surface area contributed by atoms with E-state index < -0.39 is 33.9 Å². The lowest BCUT2D eigenvalue weighted by Crippen LogP contribution is -2.05. The summed E-state index contributed by atoms with van der Waals surface area (Å²) in [6.45, 7) is 0. The average Bonchev–Trinajstić information content (AvgIpc) is 2.12. The van der Waals surface area contributed by atoms with E-state index in [9.17, 15) is 13.6 Å². The zero-order chi connectivity index (χ0) is 10.9. The van der Waals surface area contributed by atoms with E-state index >= 15 is 0 Å². The smallest absolute Gasteiger partial charge is 0.342 e. The molecule has 14 heavy (non-hydrogen) atoms. The van der Waals surface area contributed by atoms with Gasteiger partial charge in [0.1, 0.15) is 22.2 Å². The summed E-state index contributed by atoms with van der Waals surface area (Å²) in [6, 6.07) is 0.717. The standard InChI is InChI=1S/C8H5ClF2O3/c1-14-4-2-3(10)6(9)7(11)5(4)8(12)13/h2H,1H3,(H,12,13). The Hall–Kier alpha value is -1.36. The van der Waals surface area contributed by atoms with Crippen LogP contribution in [-0.2, 0) is 0 Å². The minimum atomic E-state index is -1.57. The average molecular weight is 223 g/mol.